The van der Waals surface area contributed by atoms with Crippen LogP contribution in [0.2, 0.25) is 0 Å². The summed E-state index contributed by atoms with van der Waals surface area (Å²) in [5.41, 5.74) is 0. The average Bonchev–Trinajstić information content (AvgIpc) is 3.09. The van der Waals surface area contributed by atoms with Crippen molar-refractivity contribution in [2.75, 3.05) is 45.6 Å². The number of piperidine rings is 1. The van der Waals surface area contributed by atoms with E-state index in [9.17, 15) is 18.0 Å². The monoisotopic (exact) mass is 375 g/mol. The SMILES string of the molecule is CCOC(=O)N1CCC(N(CCC(=O)N2CCCC2)S(C)(=O)=O)CC1. The van der Waals surface area contributed by atoms with E-state index in [1.165, 1.54) is 10.6 Å². The Kier molecular flexibility index (Phi) is 7.06. The molecule has 2 fully saturated rings. The minimum atomic E-state index is -3.40. The molecular formula is C16H29N3O5S. The summed E-state index contributed by atoms with van der Waals surface area (Å²) in [6, 6.07) is -0.174. The zero-order valence-corrected chi connectivity index (χ0v) is 16.0. The number of rotatable bonds is 6. The van der Waals surface area contributed by atoms with Crippen LogP contribution in [-0.4, -0.2) is 86.2 Å². The van der Waals surface area contributed by atoms with Gasteiger partial charge in [-0.1, -0.05) is 0 Å². The van der Waals surface area contributed by atoms with E-state index < -0.39 is 10.0 Å². The molecule has 0 radical (unpaired) electrons. The maximum Gasteiger partial charge on any atom is 0.409 e. The van der Waals surface area contributed by atoms with E-state index in [1.807, 2.05) is 4.90 Å². The summed E-state index contributed by atoms with van der Waals surface area (Å²) in [7, 11) is -3.40. The lowest BCUT2D eigenvalue weighted by molar-refractivity contribution is -0.130. The minimum Gasteiger partial charge on any atom is -0.450 e. The lowest BCUT2D eigenvalue weighted by Gasteiger charge is -2.36. The van der Waals surface area contributed by atoms with Crippen LogP contribution >= 0.6 is 0 Å². The van der Waals surface area contributed by atoms with Crippen LogP contribution in [0, 0.1) is 0 Å². The first kappa shape index (κ1) is 20.0. The van der Waals surface area contributed by atoms with Crippen LogP contribution in [0.1, 0.15) is 39.0 Å². The van der Waals surface area contributed by atoms with Crippen molar-refractivity contribution in [3.8, 4) is 0 Å². The first-order valence-corrected chi connectivity index (χ1v) is 10.8. The molecule has 0 aromatic heterocycles. The smallest absolute Gasteiger partial charge is 0.409 e. The second kappa shape index (κ2) is 8.84. The Labute approximate surface area is 150 Å². The van der Waals surface area contributed by atoms with E-state index in [-0.39, 0.29) is 31.0 Å². The van der Waals surface area contributed by atoms with Crippen molar-refractivity contribution in [3.63, 3.8) is 0 Å². The second-order valence-corrected chi connectivity index (χ2v) is 8.56. The zero-order chi connectivity index (χ0) is 18.4. The summed E-state index contributed by atoms with van der Waals surface area (Å²) in [6.45, 7) is 4.77. The molecule has 2 aliphatic rings. The van der Waals surface area contributed by atoms with E-state index >= 15 is 0 Å². The van der Waals surface area contributed by atoms with E-state index in [0.29, 0.717) is 32.5 Å². The molecule has 8 nitrogen and oxygen atoms in total. The van der Waals surface area contributed by atoms with Gasteiger partial charge in [0, 0.05) is 45.2 Å². The summed E-state index contributed by atoms with van der Waals surface area (Å²) in [4.78, 5) is 27.4. The Hall–Kier alpha value is -1.35. The molecule has 0 bridgehead atoms. The van der Waals surface area contributed by atoms with E-state index in [4.69, 9.17) is 4.74 Å². The second-order valence-electron chi connectivity index (χ2n) is 6.63. The molecule has 9 heteroatoms. The predicted molar refractivity (Wildman–Crippen MR) is 93.6 cm³/mol. The van der Waals surface area contributed by atoms with Crippen LogP contribution in [0.15, 0.2) is 0 Å². The van der Waals surface area contributed by atoms with E-state index in [0.717, 1.165) is 25.9 Å². The van der Waals surface area contributed by atoms with Crippen molar-refractivity contribution >= 4 is 22.0 Å². The topological polar surface area (TPSA) is 87.2 Å². The third kappa shape index (κ3) is 5.57. The van der Waals surface area contributed by atoms with Gasteiger partial charge in [-0.05, 0) is 32.6 Å². The molecule has 2 saturated heterocycles. The number of carbonyl (C=O) groups excluding carboxylic acids is 2. The first-order chi connectivity index (χ1) is 11.8. The van der Waals surface area contributed by atoms with Gasteiger partial charge in [-0.15, -0.1) is 0 Å². The van der Waals surface area contributed by atoms with Crippen molar-refractivity contribution in [2.24, 2.45) is 0 Å². The average molecular weight is 375 g/mol. The van der Waals surface area contributed by atoms with Crippen LogP contribution in [0.4, 0.5) is 4.79 Å². The molecule has 0 atom stereocenters. The standard InChI is InChI=1S/C16H29N3O5S/c1-3-24-16(21)18-11-6-14(7-12-18)19(25(2,22)23)13-8-15(20)17-9-4-5-10-17/h14H,3-13H2,1-2H3. The van der Waals surface area contributed by atoms with Gasteiger partial charge < -0.3 is 14.5 Å². The molecule has 0 unspecified atom stereocenters. The van der Waals surface area contributed by atoms with E-state index in [1.54, 1.807) is 11.8 Å². The number of ether oxygens (including phenoxy) is 1. The van der Waals surface area contributed by atoms with Gasteiger partial charge in [-0.25, -0.2) is 13.2 Å². The number of carbonyl (C=O) groups is 2. The van der Waals surface area contributed by atoms with Gasteiger partial charge in [-0.2, -0.15) is 4.31 Å². The molecule has 2 rings (SSSR count). The van der Waals surface area contributed by atoms with E-state index in [2.05, 4.69) is 0 Å². The summed E-state index contributed by atoms with van der Waals surface area (Å²) < 4.78 is 30.8. The van der Waals surface area contributed by atoms with Gasteiger partial charge in [0.2, 0.25) is 15.9 Å². The molecule has 2 aliphatic heterocycles. The Morgan fingerprint density at radius 2 is 1.68 bits per heavy atom. The van der Waals surface area contributed by atoms with Crippen LogP contribution in [0.25, 0.3) is 0 Å². The number of sulfonamides is 1. The Bertz CT molecular complexity index is 566. The molecule has 0 saturated carbocycles. The lowest BCUT2D eigenvalue weighted by atomic mass is 10.1. The van der Waals surface area contributed by atoms with Crippen molar-refractivity contribution in [2.45, 2.75) is 45.1 Å². The van der Waals surface area contributed by atoms with Crippen LogP contribution < -0.4 is 0 Å². The summed E-state index contributed by atoms with van der Waals surface area (Å²) >= 11 is 0. The van der Waals surface area contributed by atoms with Crippen LogP contribution in [0.5, 0.6) is 0 Å². The fraction of sp³-hybridized carbons (Fsp3) is 0.875. The third-order valence-electron chi connectivity index (χ3n) is 4.83. The highest BCUT2D eigenvalue weighted by atomic mass is 32.2. The first-order valence-electron chi connectivity index (χ1n) is 8.99. The minimum absolute atomic E-state index is 0.0232. The number of hydrogen-bond acceptors (Lipinski definition) is 5. The molecule has 0 aromatic rings. The van der Waals surface area contributed by atoms with Crippen LogP contribution in [0.3, 0.4) is 0 Å². The summed E-state index contributed by atoms with van der Waals surface area (Å²) in [6.07, 6.45) is 4.21. The van der Waals surface area contributed by atoms with Crippen molar-refractivity contribution in [1.82, 2.24) is 14.1 Å². The number of amides is 2. The van der Waals surface area contributed by atoms with Gasteiger partial charge in [0.25, 0.3) is 0 Å². The van der Waals surface area contributed by atoms with Crippen molar-refractivity contribution in [3.05, 3.63) is 0 Å². The van der Waals surface area contributed by atoms with Crippen molar-refractivity contribution < 1.29 is 22.7 Å². The van der Waals surface area contributed by atoms with Crippen molar-refractivity contribution in [1.29, 1.82) is 0 Å². The Morgan fingerprint density at radius 1 is 1.08 bits per heavy atom. The molecule has 0 aliphatic carbocycles. The molecule has 25 heavy (non-hydrogen) atoms. The molecular weight excluding hydrogens is 346 g/mol. The molecule has 2 amide bonds. The maximum atomic E-state index is 12.2. The van der Waals surface area contributed by atoms with Crippen LogP contribution in [-0.2, 0) is 19.6 Å². The Morgan fingerprint density at radius 3 is 2.20 bits per heavy atom. The quantitative estimate of drug-likeness (QED) is 0.688. The highest BCUT2D eigenvalue weighted by molar-refractivity contribution is 7.88. The summed E-state index contributed by atoms with van der Waals surface area (Å²) in [5.74, 6) is 0.0232. The van der Waals surface area contributed by atoms with Gasteiger partial charge >= 0.3 is 6.09 Å². The lowest BCUT2D eigenvalue weighted by Crippen LogP contribution is -2.49. The fourth-order valence-corrected chi connectivity index (χ4v) is 4.68. The predicted octanol–water partition coefficient (Wildman–Crippen LogP) is 0.881. The number of likely N-dealkylation sites (tertiary alicyclic amines) is 2. The molecule has 0 N–H and O–H groups in total. The maximum absolute atomic E-state index is 12.2. The van der Waals surface area contributed by atoms with Gasteiger partial charge in [-0.3, -0.25) is 4.79 Å². The van der Waals surface area contributed by atoms with Gasteiger partial charge in [0.15, 0.2) is 0 Å². The fourth-order valence-electron chi connectivity index (χ4n) is 3.50. The third-order valence-corrected chi connectivity index (χ3v) is 6.16. The Balaban J connectivity index is 1.90. The highest BCUT2D eigenvalue weighted by Gasteiger charge is 2.32. The van der Waals surface area contributed by atoms with Gasteiger partial charge in [0.1, 0.15) is 0 Å². The molecule has 2 heterocycles. The number of hydrogen-bond donors (Lipinski definition) is 0. The summed E-state index contributed by atoms with van der Waals surface area (Å²) in [5, 5.41) is 0. The van der Waals surface area contributed by atoms with Gasteiger partial charge in [0.05, 0.1) is 12.9 Å². The number of nitrogens with zero attached hydrogens (tertiary/aromatic N) is 3. The molecule has 0 aromatic carbocycles. The molecule has 0 spiro atoms. The zero-order valence-electron chi connectivity index (χ0n) is 15.1. The largest absolute Gasteiger partial charge is 0.450 e. The highest BCUT2D eigenvalue weighted by Crippen LogP contribution is 2.20. The molecule has 144 valence electrons. The normalized spacial score (nSPS) is 19.5.